The van der Waals surface area contributed by atoms with E-state index >= 15 is 0 Å². The van der Waals surface area contributed by atoms with E-state index in [1.165, 1.54) is 26.4 Å². The maximum atomic E-state index is 12.2. The normalized spacial score (nSPS) is 21.6. The molecular weight excluding hydrogens is 266 g/mol. The van der Waals surface area contributed by atoms with Crippen molar-refractivity contribution in [1.82, 2.24) is 4.90 Å². The van der Waals surface area contributed by atoms with Crippen LogP contribution in [0.1, 0.15) is 20.8 Å². The summed E-state index contributed by atoms with van der Waals surface area (Å²) in [7, 11) is 2.41. The summed E-state index contributed by atoms with van der Waals surface area (Å²) >= 11 is 0. The molecule has 0 unspecified atom stereocenters. The molecule has 2 atom stereocenters. The van der Waals surface area contributed by atoms with Crippen LogP contribution < -0.4 is 0 Å². The van der Waals surface area contributed by atoms with Crippen molar-refractivity contribution in [3.63, 3.8) is 0 Å². The van der Waals surface area contributed by atoms with Gasteiger partial charge in [-0.25, -0.2) is 14.4 Å². The van der Waals surface area contributed by atoms with Crippen molar-refractivity contribution in [1.29, 1.82) is 0 Å². The van der Waals surface area contributed by atoms with E-state index in [0.717, 1.165) is 4.90 Å². The SMILES string of the molecule is COC(=O)[C@H]1C=C[C@@H](C(=O)OC)N1C(=O)OC(C)(C)C. The largest absolute Gasteiger partial charge is 0.467 e. The van der Waals surface area contributed by atoms with Crippen molar-refractivity contribution in [3.05, 3.63) is 12.2 Å². The Morgan fingerprint density at radius 3 is 1.65 bits per heavy atom. The third kappa shape index (κ3) is 3.49. The Labute approximate surface area is 117 Å². The second kappa shape index (κ2) is 5.94. The molecule has 1 aliphatic rings. The topological polar surface area (TPSA) is 82.1 Å². The van der Waals surface area contributed by atoms with Crippen LogP contribution in [0.5, 0.6) is 0 Å². The van der Waals surface area contributed by atoms with E-state index in [0.29, 0.717) is 0 Å². The number of carbonyl (C=O) groups is 3. The molecule has 0 fully saturated rings. The Kier molecular flexibility index (Phi) is 4.75. The first kappa shape index (κ1) is 16.0. The zero-order valence-corrected chi connectivity index (χ0v) is 12.2. The van der Waals surface area contributed by atoms with E-state index in [1.807, 2.05) is 0 Å². The summed E-state index contributed by atoms with van der Waals surface area (Å²) in [5.74, 6) is -1.31. The molecule has 112 valence electrons. The van der Waals surface area contributed by atoms with E-state index in [9.17, 15) is 14.4 Å². The summed E-state index contributed by atoms with van der Waals surface area (Å²) in [5.41, 5.74) is -0.749. The van der Waals surface area contributed by atoms with Crippen LogP contribution in [0.25, 0.3) is 0 Å². The molecule has 1 heterocycles. The van der Waals surface area contributed by atoms with Crippen molar-refractivity contribution in [2.24, 2.45) is 0 Å². The lowest BCUT2D eigenvalue weighted by atomic mass is 10.2. The van der Waals surface area contributed by atoms with E-state index in [1.54, 1.807) is 20.8 Å². The highest BCUT2D eigenvalue weighted by Crippen LogP contribution is 2.22. The Balaban J connectivity index is 3.01. The van der Waals surface area contributed by atoms with Gasteiger partial charge in [0.2, 0.25) is 0 Å². The molecule has 20 heavy (non-hydrogen) atoms. The van der Waals surface area contributed by atoms with Crippen LogP contribution in [0.3, 0.4) is 0 Å². The Morgan fingerprint density at radius 2 is 1.35 bits per heavy atom. The third-order valence-corrected chi connectivity index (χ3v) is 2.56. The summed E-state index contributed by atoms with van der Waals surface area (Å²) in [6.07, 6.45) is 2.04. The van der Waals surface area contributed by atoms with Crippen LogP contribution in [-0.2, 0) is 23.8 Å². The number of amides is 1. The molecule has 0 aliphatic carbocycles. The average molecular weight is 285 g/mol. The number of ether oxygens (including phenoxy) is 3. The van der Waals surface area contributed by atoms with Crippen molar-refractivity contribution >= 4 is 18.0 Å². The van der Waals surface area contributed by atoms with Gasteiger partial charge in [0, 0.05) is 0 Å². The van der Waals surface area contributed by atoms with Gasteiger partial charge in [-0.15, -0.1) is 0 Å². The fourth-order valence-electron chi connectivity index (χ4n) is 1.74. The van der Waals surface area contributed by atoms with Gasteiger partial charge in [0.05, 0.1) is 14.2 Å². The minimum atomic E-state index is -1.00. The summed E-state index contributed by atoms with van der Waals surface area (Å²) in [6.45, 7) is 5.07. The number of hydrogen-bond donors (Lipinski definition) is 0. The second-order valence-electron chi connectivity index (χ2n) is 5.21. The smallest absolute Gasteiger partial charge is 0.412 e. The predicted octanol–water partition coefficient (Wildman–Crippen LogP) is 0.876. The van der Waals surface area contributed by atoms with Crippen LogP contribution in [-0.4, -0.2) is 54.8 Å². The molecule has 7 nitrogen and oxygen atoms in total. The van der Waals surface area contributed by atoms with Gasteiger partial charge in [-0.3, -0.25) is 4.90 Å². The molecule has 0 spiro atoms. The van der Waals surface area contributed by atoms with E-state index in [2.05, 4.69) is 9.47 Å². The Hall–Kier alpha value is -2.05. The highest BCUT2D eigenvalue weighted by atomic mass is 16.6. The van der Waals surface area contributed by atoms with Crippen molar-refractivity contribution < 1.29 is 28.6 Å². The monoisotopic (exact) mass is 285 g/mol. The minimum Gasteiger partial charge on any atom is -0.467 e. The molecule has 0 N–H and O–H groups in total. The van der Waals surface area contributed by atoms with Gasteiger partial charge in [0.1, 0.15) is 5.60 Å². The fraction of sp³-hybridized carbons (Fsp3) is 0.615. The zero-order chi connectivity index (χ0) is 15.5. The van der Waals surface area contributed by atoms with E-state index in [-0.39, 0.29) is 0 Å². The van der Waals surface area contributed by atoms with Gasteiger partial charge in [0.15, 0.2) is 12.1 Å². The number of hydrogen-bond acceptors (Lipinski definition) is 6. The summed E-state index contributed by atoms with van der Waals surface area (Å²) in [6, 6.07) is -2.00. The number of esters is 2. The van der Waals surface area contributed by atoms with Crippen LogP contribution in [0.15, 0.2) is 12.2 Å². The second-order valence-corrected chi connectivity index (χ2v) is 5.21. The molecule has 0 bridgehead atoms. The quantitative estimate of drug-likeness (QED) is 0.425. The Morgan fingerprint density at radius 1 is 0.950 bits per heavy atom. The third-order valence-electron chi connectivity index (χ3n) is 2.56. The van der Waals surface area contributed by atoms with E-state index < -0.39 is 35.7 Å². The number of rotatable bonds is 2. The maximum absolute atomic E-state index is 12.2. The number of carbonyl (C=O) groups excluding carboxylic acids is 3. The van der Waals surface area contributed by atoms with Gasteiger partial charge in [-0.1, -0.05) is 12.2 Å². The highest BCUT2D eigenvalue weighted by Gasteiger charge is 2.43. The number of methoxy groups -OCH3 is 2. The zero-order valence-electron chi connectivity index (χ0n) is 12.2. The molecule has 0 saturated carbocycles. The maximum Gasteiger partial charge on any atom is 0.412 e. The first-order valence-electron chi connectivity index (χ1n) is 6.06. The molecule has 0 aromatic heterocycles. The minimum absolute atomic E-state index is 0.654. The van der Waals surface area contributed by atoms with Crippen LogP contribution >= 0.6 is 0 Å². The molecule has 7 heteroatoms. The van der Waals surface area contributed by atoms with Gasteiger partial charge < -0.3 is 14.2 Å². The van der Waals surface area contributed by atoms with Crippen LogP contribution in [0, 0.1) is 0 Å². The molecule has 1 amide bonds. The summed E-state index contributed by atoms with van der Waals surface area (Å²) in [5, 5.41) is 0. The van der Waals surface area contributed by atoms with Crippen molar-refractivity contribution in [3.8, 4) is 0 Å². The lowest BCUT2D eigenvalue weighted by Gasteiger charge is -2.30. The van der Waals surface area contributed by atoms with Gasteiger partial charge in [0.25, 0.3) is 0 Å². The molecular formula is C13H19NO6. The fourth-order valence-corrected chi connectivity index (χ4v) is 1.74. The van der Waals surface area contributed by atoms with Crippen LogP contribution in [0.2, 0.25) is 0 Å². The van der Waals surface area contributed by atoms with Gasteiger partial charge in [-0.05, 0) is 20.8 Å². The molecule has 0 aromatic rings. The van der Waals surface area contributed by atoms with Crippen molar-refractivity contribution in [2.75, 3.05) is 14.2 Å². The molecule has 0 radical (unpaired) electrons. The van der Waals surface area contributed by atoms with Crippen molar-refractivity contribution in [2.45, 2.75) is 38.5 Å². The standard InChI is InChI=1S/C13H19NO6/c1-13(2,3)20-12(17)14-8(10(15)18-4)6-7-9(14)11(16)19-5/h6-9H,1-5H3/t8-,9+. The molecule has 1 aliphatic heterocycles. The summed E-state index contributed by atoms with van der Waals surface area (Å²) in [4.78, 5) is 36.5. The molecule has 1 rings (SSSR count). The van der Waals surface area contributed by atoms with Crippen LogP contribution in [0.4, 0.5) is 4.79 Å². The molecule has 0 saturated heterocycles. The predicted molar refractivity (Wildman–Crippen MR) is 68.8 cm³/mol. The molecule has 0 aromatic carbocycles. The number of nitrogens with zero attached hydrogens (tertiary/aromatic N) is 1. The Bertz CT molecular complexity index is 411. The average Bonchev–Trinajstić information content (AvgIpc) is 2.79. The summed E-state index contributed by atoms with van der Waals surface area (Å²) < 4.78 is 14.4. The van der Waals surface area contributed by atoms with E-state index in [4.69, 9.17) is 4.74 Å². The lowest BCUT2D eigenvalue weighted by molar-refractivity contribution is -0.149. The van der Waals surface area contributed by atoms with Gasteiger partial charge >= 0.3 is 18.0 Å². The first-order chi connectivity index (χ1) is 9.21. The van der Waals surface area contributed by atoms with Gasteiger partial charge in [-0.2, -0.15) is 0 Å². The first-order valence-corrected chi connectivity index (χ1v) is 6.06. The highest BCUT2D eigenvalue weighted by molar-refractivity contribution is 5.91. The lowest BCUT2D eigenvalue weighted by Crippen LogP contribution is -2.50.